The summed E-state index contributed by atoms with van der Waals surface area (Å²) < 4.78 is 5.59. The van der Waals surface area contributed by atoms with E-state index in [-0.39, 0.29) is 17.7 Å². The highest BCUT2D eigenvalue weighted by Crippen LogP contribution is 2.26. The summed E-state index contributed by atoms with van der Waals surface area (Å²) >= 11 is 5.78. The number of rotatable bonds is 5. The molecule has 0 amide bonds. The van der Waals surface area contributed by atoms with Gasteiger partial charge in [-0.2, -0.15) is 0 Å². The van der Waals surface area contributed by atoms with E-state index in [2.05, 4.69) is 4.90 Å². The highest BCUT2D eigenvalue weighted by atomic mass is 35.5. The Balaban J connectivity index is 2.13. The van der Waals surface area contributed by atoms with Gasteiger partial charge in [-0.3, -0.25) is 10.1 Å². The van der Waals surface area contributed by atoms with Gasteiger partial charge in [0.2, 0.25) is 0 Å². The first kappa shape index (κ1) is 14.1. The number of ether oxygens (including phenoxy) is 1. The molecule has 6 heteroatoms. The average Bonchev–Trinajstić information content (AvgIpc) is 2.90. The zero-order valence-electron chi connectivity index (χ0n) is 10.8. The lowest BCUT2D eigenvalue weighted by Gasteiger charge is -2.23. The second-order valence-electron chi connectivity index (χ2n) is 4.72. The molecule has 0 spiro atoms. The number of alkyl halides is 1. The Morgan fingerprint density at radius 3 is 2.95 bits per heavy atom. The molecule has 2 rings (SSSR count). The molecule has 0 aromatic heterocycles. The van der Waals surface area contributed by atoms with Crippen molar-refractivity contribution in [3.05, 3.63) is 33.9 Å². The van der Waals surface area contributed by atoms with Gasteiger partial charge in [-0.1, -0.05) is 0 Å². The summed E-state index contributed by atoms with van der Waals surface area (Å²) in [6.45, 7) is 1.62. The lowest BCUT2D eigenvalue weighted by Crippen LogP contribution is -2.28. The van der Waals surface area contributed by atoms with Crippen molar-refractivity contribution in [1.29, 1.82) is 0 Å². The predicted molar refractivity (Wildman–Crippen MR) is 74.9 cm³/mol. The van der Waals surface area contributed by atoms with E-state index in [1.807, 2.05) is 7.05 Å². The van der Waals surface area contributed by atoms with E-state index in [0.29, 0.717) is 5.56 Å². The second-order valence-corrected chi connectivity index (χ2v) is 4.99. The minimum atomic E-state index is -0.401. The second kappa shape index (κ2) is 6.21. The quantitative estimate of drug-likeness (QED) is 0.474. The van der Waals surface area contributed by atoms with E-state index < -0.39 is 4.92 Å². The van der Waals surface area contributed by atoms with Crippen LogP contribution in [0.3, 0.4) is 0 Å². The van der Waals surface area contributed by atoms with E-state index in [4.69, 9.17) is 16.3 Å². The van der Waals surface area contributed by atoms with Gasteiger partial charge in [-0.15, -0.1) is 11.6 Å². The van der Waals surface area contributed by atoms with Gasteiger partial charge >= 0.3 is 0 Å². The van der Waals surface area contributed by atoms with Crippen LogP contribution in [0.2, 0.25) is 0 Å². The van der Waals surface area contributed by atoms with E-state index in [1.54, 1.807) is 12.1 Å². The summed E-state index contributed by atoms with van der Waals surface area (Å²) in [7, 11) is 1.96. The van der Waals surface area contributed by atoms with Crippen molar-refractivity contribution in [2.75, 3.05) is 25.1 Å². The van der Waals surface area contributed by atoms with Gasteiger partial charge in [0.15, 0.2) is 0 Å². The van der Waals surface area contributed by atoms with Crippen molar-refractivity contribution in [3.63, 3.8) is 0 Å². The molecule has 0 saturated carbocycles. The first-order valence-corrected chi connectivity index (χ1v) is 6.81. The molecule has 1 fully saturated rings. The topological polar surface area (TPSA) is 55.6 Å². The fraction of sp³-hybridized carbons (Fsp3) is 0.538. The average molecular weight is 285 g/mol. The Morgan fingerprint density at radius 1 is 1.58 bits per heavy atom. The number of nitro benzene ring substituents is 1. The number of likely N-dealkylation sites (N-methyl/N-ethyl adjacent to an activating group) is 1. The van der Waals surface area contributed by atoms with Crippen LogP contribution in [0.5, 0.6) is 0 Å². The Kier molecular flexibility index (Phi) is 4.61. The van der Waals surface area contributed by atoms with Crippen LogP contribution in [0.1, 0.15) is 18.4 Å². The third kappa shape index (κ3) is 3.36. The van der Waals surface area contributed by atoms with Crippen molar-refractivity contribution >= 4 is 23.0 Å². The van der Waals surface area contributed by atoms with Gasteiger partial charge in [0.05, 0.1) is 16.9 Å². The van der Waals surface area contributed by atoms with Crippen LogP contribution >= 0.6 is 11.6 Å². The summed E-state index contributed by atoms with van der Waals surface area (Å²) in [5, 5.41) is 10.9. The smallest absolute Gasteiger partial charge is 0.273 e. The molecule has 5 nitrogen and oxygen atoms in total. The van der Waals surface area contributed by atoms with Crippen LogP contribution in [0.15, 0.2) is 18.2 Å². The zero-order chi connectivity index (χ0) is 13.8. The molecule has 104 valence electrons. The highest BCUT2D eigenvalue weighted by molar-refractivity contribution is 6.17. The van der Waals surface area contributed by atoms with Gasteiger partial charge in [0.25, 0.3) is 5.69 Å². The molecule has 19 heavy (non-hydrogen) atoms. The van der Waals surface area contributed by atoms with E-state index >= 15 is 0 Å². The molecule has 0 radical (unpaired) electrons. The van der Waals surface area contributed by atoms with Crippen molar-refractivity contribution < 1.29 is 9.66 Å². The first-order chi connectivity index (χ1) is 9.11. The molecule has 1 heterocycles. The van der Waals surface area contributed by atoms with Gasteiger partial charge in [-0.05, 0) is 25.0 Å². The highest BCUT2D eigenvalue weighted by Gasteiger charge is 2.19. The molecule has 1 saturated heterocycles. The van der Waals surface area contributed by atoms with E-state index in [1.165, 1.54) is 6.07 Å². The van der Waals surface area contributed by atoms with Crippen LogP contribution in [0.4, 0.5) is 11.4 Å². The molecule has 0 N–H and O–H groups in total. The number of hydrogen-bond acceptors (Lipinski definition) is 4. The minimum Gasteiger partial charge on any atom is -0.376 e. The number of benzene rings is 1. The van der Waals surface area contributed by atoms with Gasteiger partial charge in [0.1, 0.15) is 0 Å². The summed E-state index contributed by atoms with van der Waals surface area (Å²) in [5.41, 5.74) is 1.55. The van der Waals surface area contributed by atoms with Crippen LogP contribution < -0.4 is 4.90 Å². The summed E-state index contributed by atoms with van der Waals surface area (Å²) in [6, 6.07) is 5.04. The van der Waals surface area contributed by atoms with Crippen LogP contribution in [0.25, 0.3) is 0 Å². The fourth-order valence-corrected chi connectivity index (χ4v) is 2.51. The van der Waals surface area contributed by atoms with E-state index in [0.717, 1.165) is 31.7 Å². The third-order valence-corrected chi connectivity index (χ3v) is 3.63. The number of anilines is 1. The van der Waals surface area contributed by atoms with Crippen LogP contribution in [-0.4, -0.2) is 31.2 Å². The van der Waals surface area contributed by atoms with Crippen LogP contribution in [-0.2, 0) is 10.6 Å². The fourth-order valence-electron chi connectivity index (χ4n) is 2.29. The van der Waals surface area contributed by atoms with Crippen molar-refractivity contribution in [2.24, 2.45) is 0 Å². The van der Waals surface area contributed by atoms with Crippen molar-refractivity contribution in [3.8, 4) is 0 Å². The van der Waals surface area contributed by atoms with Crippen molar-refractivity contribution in [1.82, 2.24) is 0 Å². The molecule has 0 aliphatic carbocycles. The minimum absolute atomic E-state index is 0.0734. The Labute approximate surface area is 117 Å². The monoisotopic (exact) mass is 284 g/mol. The third-order valence-electron chi connectivity index (χ3n) is 3.35. The maximum atomic E-state index is 10.9. The summed E-state index contributed by atoms with van der Waals surface area (Å²) in [4.78, 5) is 12.5. The molecule has 1 unspecified atom stereocenters. The van der Waals surface area contributed by atoms with Gasteiger partial charge in [-0.25, -0.2) is 0 Å². The predicted octanol–water partition coefficient (Wildman–Crippen LogP) is 2.95. The standard InChI is InChI=1S/C13H17ClN2O3/c1-15(9-12-3-2-6-19-12)11-4-5-13(16(17)18)10(7-11)8-14/h4-5,7,12H,2-3,6,8-9H2,1H3. The molecule has 1 aliphatic heterocycles. The number of hydrogen-bond donors (Lipinski definition) is 0. The van der Waals surface area contributed by atoms with E-state index in [9.17, 15) is 10.1 Å². The summed E-state index contributed by atoms with van der Waals surface area (Å²) in [6.07, 6.45) is 2.42. The maximum Gasteiger partial charge on any atom is 0.273 e. The summed E-state index contributed by atoms with van der Waals surface area (Å²) in [5.74, 6) is 0.137. The largest absolute Gasteiger partial charge is 0.376 e. The number of nitro groups is 1. The molecule has 0 bridgehead atoms. The Bertz CT molecular complexity index is 461. The number of halogens is 1. The normalized spacial score (nSPS) is 18.5. The lowest BCUT2D eigenvalue weighted by atomic mass is 10.1. The van der Waals surface area contributed by atoms with Crippen molar-refractivity contribution in [2.45, 2.75) is 24.8 Å². The van der Waals surface area contributed by atoms with Gasteiger partial charge < -0.3 is 9.64 Å². The SMILES string of the molecule is CN(CC1CCCO1)c1ccc([N+](=O)[O-])c(CCl)c1. The number of nitrogens with zero attached hydrogens (tertiary/aromatic N) is 2. The zero-order valence-corrected chi connectivity index (χ0v) is 11.6. The molecule has 1 aliphatic rings. The van der Waals surface area contributed by atoms with Gasteiger partial charge in [0, 0.05) is 37.5 Å². The first-order valence-electron chi connectivity index (χ1n) is 6.28. The Hall–Kier alpha value is -1.33. The molecule has 1 aromatic carbocycles. The Morgan fingerprint density at radius 2 is 2.37 bits per heavy atom. The molecule has 1 atom stereocenters. The lowest BCUT2D eigenvalue weighted by molar-refractivity contribution is -0.385. The maximum absolute atomic E-state index is 10.9. The molecule has 1 aromatic rings. The molecular weight excluding hydrogens is 268 g/mol. The van der Waals surface area contributed by atoms with Crippen LogP contribution in [0, 0.1) is 10.1 Å². The molecular formula is C13H17ClN2O3.